The lowest BCUT2D eigenvalue weighted by atomic mass is 10.1. The molecule has 0 bridgehead atoms. The number of carbonyl (C=O) groups excluding carboxylic acids is 1. The number of hydrogen-bond acceptors (Lipinski definition) is 6. The molecule has 10 heteroatoms. The number of nitrogens with one attached hydrogen (secondary N) is 1. The van der Waals surface area contributed by atoms with Crippen molar-refractivity contribution in [1.82, 2.24) is 25.2 Å². The molecule has 0 atom stereocenters. The Morgan fingerprint density at radius 3 is 2.31 bits per heavy atom. The number of rotatable bonds is 8. The molecule has 0 radical (unpaired) electrons. The Hall–Kier alpha value is -3.20. The molecule has 2 aromatic carbocycles. The molecule has 0 fully saturated rings. The van der Waals surface area contributed by atoms with E-state index in [9.17, 15) is 4.79 Å². The van der Waals surface area contributed by atoms with Crippen molar-refractivity contribution in [3.63, 3.8) is 0 Å². The fourth-order valence-corrected chi connectivity index (χ4v) is 4.77. The summed E-state index contributed by atoms with van der Waals surface area (Å²) in [6.45, 7) is 6.25. The van der Waals surface area contributed by atoms with E-state index >= 15 is 0 Å². The maximum atomic E-state index is 12.5. The predicted octanol–water partition coefficient (Wildman–Crippen LogP) is 6.01. The Morgan fingerprint density at radius 1 is 1.00 bits per heavy atom. The molecule has 0 aliphatic heterocycles. The van der Waals surface area contributed by atoms with Gasteiger partial charge in [-0.15, -0.1) is 0 Å². The van der Waals surface area contributed by atoms with Gasteiger partial charge in [0.1, 0.15) is 5.15 Å². The maximum Gasteiger partial charge on any atom is 0.271 e. The lowest BCUT2D eigenvalue weighted by molar-refractivity contribution is 0.0955. The van der Waals surface area contributed by atoms with E-state index in [1.54, 1.807) is 28.6 Å². The average molecular weight is 539 g/mol. The Bertz CT molecular complexity index is 1380. The number of aromatic nitrogens is 4. The summed E-state index contributed by atoms with van der Waals surface area (Å²) in [6, 6.07) is 16.8. The molecule has 1 N–H and O–H groups in total. The van der Waals surface area contributed by atoms with Crippen molar-refractivity contribution in [2.75, 3.05) is 0 Å². The molecule has 1 amide bonds. The van der Waals surface area contributed by atoms with Gasteiger partial charge in [0.25, 0.3) is 5.91 Å². The van der Waals surface area contributed by atoms with Crippen molar-refractivity contribution in [2.24, 2.45) is 5.10 Å². The van der Waals surface area contributed by atoms with Crippen LogP contribution in [-0.2, 0) is 12.3 Å². The molecular formula is C26H24Cl2N6OS. The highest BCUT2D eigenvalue weighted by atomic mass is 35.5. The summed E-state index contributed by atoms with van der Waals surface area (Å²) in [5.41, 5.74) is 8.39. The zero-order valence-electron chi connectivity index (χ0n) is 20.0. The molecule has 4 aromatic rings. The summed E-state index contributed by atoms with van der Waals surface area (Å²) >= 11 is 14.0. The molecule has 2 aromatic heterocycles. The van der Waals surface area contributed by atoms with E-state index in [0.29, 0.717) is 39.3 Å². The van der Waals surface area contributed by atoms with Gasteiger partial charge in [-0.3, -0.25) is 4.79 Å². The smallest absolute Gasteiger partial charge is 0.267 e. The number of halogens is 2. The summed E-state index contributed by atoms with van der Waals surface area (Å²) in [5, 5.41) is 10.4. The number of carbonyl (C=O) groups is 1. The molecule has 7 nitrogen and oxygen atoms in total. The fraction of sp³-hybridized carbons (Fsp3) is 0.192. The molecule has 0 aliphatic carbocycles. The first-order chi connectivity index (χ1) is 17.3. The van der Waals surface area contributed by atoms with Crippen molar-refractivity contribution in [1.29, 1.82) is 0 Å². The number of thioether (sulfide) groups is 1. The lowest BCUT2D eigenvalue weighted by Crippen LogP contribution is -2.17. The predicted molar refractivity (Wildman–Crippen MR) is 145 cm³/mol. The van der Waals surface area contributed by atoms with Gasteiger partial charge < -0.3 is 0 Å². The van der Waals surface area contributed by atoms with E-state index in [2.05, 4.69) is 25.6 Å². The van der Waals surface area contributed by atoms with Gasteiger partial charge in [-0.2, -0.15) is 10.2 Å². The summed E-state index contributed by atoms with van der Waals surface area (Å²) < 4.78 is 1.68. The minimum Gasteiger partial charge on any atom is -0.267 e. The summed E-state index contributed by atoms with van der Waals surface area (Å²) in [4.78, 5) is 21.4. The molecule has 0 aliphatic rings. The number of aryl methyl sites for hydroxylation is 3. The zero-order valence-corrected chi connectivity index (χ0v) is 22.3. The first-order valence-electron chi connectivity index (χ1n) is 11.1. The third-order valence-electron chi connectivity index (χ3n) is 5.26. The first-order valence-corrected chi connectivity index (χ1v) is 12.9. The Labute approximate surface area is 224 Å². The molecular weight excluding hydrogens is 515 g/mol. The third-order valence-corrected chi connectivity index (χ3v) is 6.83. The van der Waals surface area contributed by atoms with Crippen molar-refractivity contribution in [3.05, 3.63) is 104 Å². The summed E-state index contributed by atoms with van der Waals surface area (Å²) in [6.07, 6.45) is 1.51. The second-order valence-electron chi connectivity index (χ2n) is 8.19. The molecule has 0 saturated heterocycles. The molecule has 4 rings (SSSR count). The van der Waals surface area contributed by atoms with Crippen LogP contribution in [0.25, 0.3) is 0 Å². The van der Waals surface area contributed by atoms with Gasteiger partial charge in [0.15, 0.2) is 5.16 Å². The number of amides is 1. The highest BCUT2D eigenvalue weighted by Gasteiger charge is 2.13. The molecule has 36 heavy (non-hydrogen) atoms. The van der Waals surface area contributed by atoms with Crippen LogP contribution >= 0.6 is 35.0 Å². The Morgan fingerprint density at radius 2 is 1.64 bits per heavy atom. The van der Waals surface area contributed by atoms with Crippen LogP contribution in [0.1, 0.15) is 44.1 Å². The van der Waals surface area contributed by atoms with Crippen LogP contribution < -0.4 is 5.43 Å². The van der Waals surface area contributed by atoms with Crippen molar-refractivity contribution < 1.29 is 4.79 Å². The molecule has 2 heterocycles. The van der Waals surface area contributed by atoms with E-state index in [1.165, 1.54) is 6.21 Å². The van der Waals surface area contributed by atoms with Gasteiger partial charge in [-0.25, -0.2) is 20.1 Å². The van der Waals surface area contributed by atoms with E-state index in [4.69, 9.17) is 23.2 Å². The second kappa shape index (κ2) is 11.7. The highest BCUT2D eigenvalue weighted by molar-refractivity contribution is 7.98. The normalized spacial score (nSPS) is 11.2. The minimum atomic E-state index is -0.314. The fourth-order valence-electron chi connectivity index (χ4n) is 3.46. The topological polar surface area (TPSA) is 85.1 Å². The quantitative estimate of drug-likeness (QED) is 0.128. The van der Waals surface area contributed by atoms with Crippen molar-refractivity contribution in [2.45, 2.75) is 38.2 Å². The molecule has 184 valence electrons. The monoisotopic (exact) mass is 538 g/mol. The zero-order chi connectivity index (χ0) is 25.7. The Balaban J connectivity index is 1.34. The Kier molecular flexibility index (Phi) is 8.40. The van der Waals surface area contributed by atoms with E-state index in [0.717, 1.165) is 27.7 Å². The molecule has 0 spiro atoms. The van der Waals surface area contributed by atoms with Gasteiger partial charge in [0.05, 0.1) is 24.0 Å². The summed E-state index contributed by atoms with van der Waals surface area (Å²) in [5.74, 6) is 0.395. The minimum absolute atomic E-state index is 0.314. The van der Waals surface area contributed by atoms with Gasteiger partial charge >= 0.3 is 0 Å². The standard InChI is InChI=1S/C26H24Cl2N6OS/c1-16-12-17(2)31-26(30-16)36-15-20-4-8-21(9-5-20)25(35)32-29-13-23-18(3)33-34(24(23)28)14-19-6-10-22(27)11-7-19/h4-13H,14-15H2,1-3H3,(H,32,35)/b29-13+. The second-order valence-corrected chi connectivity index (χ2v) is 9.93. The van der Waals surface area contributed by atoms with E-state index < -0.39 is 0 Å². The van der Waals surface area contributed by atoms with Crippen LogP contribution in [0.4, 0.5) is 0 Å². The van der Waals surface area contributed by atoms with Crippen molar-refractivity contribution in [3.8, 4) is 0 Å². The van der Waals surface area contributed by atoms with Gasteiger partial charge in [0, 0.05) is 27.7 Å². The van der Waals surface area contributed by atoms with Crippen molar-refractivity contribution >= 4 is 47.1 Å². The SMILES string of the molecule is Cc1cc(C)nc(SCc2ccc(C(=O)N/N=C/c3c(C)nn(Cc4ccc(Cl)cc4)c3Cl)cc2)n1. The van der Waals surface area contributed by atoms with Crippen LogP contribution in [-0.4, -0.2) is 31.9 Å². The third kappa shape index (κ3) is 6.72. The molecule has 0 saturated carbocycles. The average Bonchev–Trinajstić information content (AvgIpc) is 3.11. The van der Waals surface area contributed by atoms with Crippen LogP contribution in [0.2, 0.25) is 10.2 Å². The first kappa shape index (κ1) is 25.9. The molecule has 0 unspecified atom stereocenters. The van der Waals surface area contributed by atoms with Crippen LogP contribution in [0.15, 0.2) is 64.9 Å². The number of hydrogen-bond donors (Lipinski definition) is 1. The number of hydrazone groups is 1. The summed E-state index contributed by atoms with van der Waals surface area (Å²) in [7, 11) is 0. The lowest BCUT2D eigenvalue weighted by Gasteiger charge is -2.05. The maximum absolute atomic E-state index is 12.5. The van der Waals surface area contributed by atoms with Crippen LogP contribution in [0.5, 0.6) is 0 Å². The number of benzene rings is 2. The highest BCUT2D eigenvalue weighted by Crippen LogP contribution is 2.21. The largest absolute Gasteiger partial charge is 0.271 e. The van der Waals surface area contributed by atoms with E-state index in [1.807, 2.05) is 63.2 Å². The van der Waals surface area contributed by atoms with Gasteiger partial charge in [-0.05, 0) is 62.2 Å². The van der Waals surface area contributed by atoms with Gasteiger partial charge in [0.2, 0.25) is 0 Å². The van der Waals surface area contributed by atoms with Gasteiger partial charge in [-0.1, -0.05) is 59.2 Å². The van der Waals surface area contributed by atoms with Crippen LogP contribution in [0.3, 0.4) is 0 Å². The number of nitrogens with zero attached hydrogens (tertiary/aromatic N) is 5. The van der Waals surface area contributed by atoms with E-state index in [-0.39, 0.29) is 5.91 Å². The van der Waals surface area contributed by atoms with Crippen LogP contribution in [0, 0.1) is 20.8 Å².